The molecule has 0 spiro atoms. The molecule has 2 fully saturated rings. The lowest BCUT2D eigenvalue weighted by molar-refractivity contribution is -0.139. The molecule has 4 rings (SSSR count). The van der Waals surface area contributed by atoms with Gasteiger partial charge in [-0.2, -0.15) is 0 Å². The number of amides is 2. The summed E-state index contributed by atoms with van der Waals surface area (Å²) in [7, 11) is 0. The second-order valence-corrected chi connectivity index (χ2v) is 7.46. The van der Waals surface area contributed by atoms with E-state index < -0.39 is 0 Å². The van der Waals surface area contributed by atoms with Crippen LogP contribution >= 0.6 is 0 Å². The zero-order valence-corrected chi connectivity index (χ0v) is 15.6. The van der Waals surface area contributed by atoms with E-state index in [2.05, 4.69) is 10.3 Å². The first kappa shape index (κ1) is 17.7. The minimum atomic E-state index is 0.0370. The fourth-order valence-electron chi connectivity index (χ4n) is 4.05. The lowest BCUT2D eigenvalue weighted by atomic mass is 9.95. The highest BCUT2D eigenvalue weighted by atomic mass is 16.2. The smallest absolute Gasteiger partial charge is 0.225 e. The minimum absolute atomic E-state index is 0.0370. The van der Waals surface area contributed by atoms with Crippen LogP contribution in [0.25, 0.3) is 11.3 Å². The molecule has 27 heavy (non-hydrogen) atoms. The monoisotopic (exact) mass is 367 g/mol. The largest absolute Gasteiger partial charge is 0.343 e. The number of carbonyl (C=O) groups is 2. The van der Waals surface area contributed by atoms with Crippen molar-refractivity contribution in [2.45, 2.75) is 32.2 Å². The molecule has 2 aliphatic heterocycles. The van der Waals surface area contributed by atoms with Crippen LogP contribution in [0, 0.1) is 5.92 Å². The summed E-state index contributed by atoms with van der Waals surface area (Å²) in [6.45, 7) is 4.41. The fourth-order valence-corrected chi connectivity index (χ4v) is 4.05. The molecule has 1 aromatic carbocycles. The summed E-state index contributed by atoms with van der Waals surface area (Å²) in [6, 6.07) is 10.2. The molecule has 2 aromatic rings. The van der Waals surface area contributed by atoms with E-state index in [9.17, 15) is 9.59 Å². The van der Waals surface area contributed by atoms with Gasteiger partial charge in [0, 0.05) is 44.6 Å². The van der Waals surface area contributed by atoms with E-state index in [-0.39, 0.29) is 23.8 Å². The third-order valence-corrected chi connectivity index (χ3v) is 5.72. The number of hydrogen-bond acceptors (Lipinski definition) is 4. The molecular weight excluding hydrogens is 342 g/mol. The maximum atomic E-state index is 12.9. The van der Waals surface area contributed by atoms with E-state index in [0.29, 0.717) is 19.6 Å². The molecule has 2 saturated heterocycles. The average Bonchev–Trinajstić information content (AvgIpc) is 3.38. The van der Waals surface area contributed by atoms with Crippen molar-refractivity contribution in [2.24, 2.45) is 5.92 Å². The zero-order valence-electron chi connectivity index (χ0n) is 15.6. The quantitative estimate of drug-likeness (QED) is 0.832. The number of likely N-dealkylation sites (tertiary alicyclic amines) is 2. The lowest BCUT2D eigenvalue weighted by Gasteiger charge is -2.32. The summed E-state index contributed by atoms with van der Waals surface area (Å²) in [4.78, 5) is 28.1. The van der Waals surface area contributed by atoms with Gasteiger partial charge in [0.25, 0.3) is 0 Å². The van der Waals surface area contributed by atoms with Gasteiger partial charge in [-0.25, -0.2) is 4.68 Å². The summed E-state index contributed by atoms with van der Waals surface area (Å²) in [5.74, 6) is 0.363. The van der Waals surface area contributed by atoms with Crippen LogP contribution in [0.2, 0.25) is 0 Å². The lowest BCUT2D eigenvalue weighted by Crippen LogP contribution is -2.43. The van der Waals surface area contributed by atoms with Gasteiger partial charge in [0.05, 0.1) is 12.2 Å². The van der Waals surface area contributed by atoms with Crippen LogP contribution in [-0.4, -0.2) is 62.8 Å². The van der Waals surface area contributed by atoms with Gasteiger partial charge in [0.2, 0.25) is 11.8 Å². The summed E-state index contributed by atoms with van der Waals surface area (Å²) in [6.07, 6.45) is 4.40. The Balaban J connectivity index is 1.36. The van der Waals surface area contributed by atoms with Gasteiger partial charge < -0.3 is 9.80 Å². The van der Waals surface area contributed by atoms with Crippen LogP contribution in [-0.2, 0) is 9.59 Å². The Morgan fingerprint density at radius 3 is 2.41 bits per heavy atom. The first-order valence-corrected chi connectivity index (χ1v) is 9.63. The number of aromatic nitrogens is 3. The molecule has 1 unspecified atom stereocenters. The number of benzene rings is 1. The molecule has 7 nitrogen and oxygen atoms in total. The number of rotatable bonds is 3. The standard InChI is InChI=1S/C20H25N5O2/c1-15(26)23-10-7-17(8-11-23)20(27)24-12-9-18(13-24)25-14-19(21-22-25)16-5-3-2-4-6-16/h2-6,14,17-18H,7-13H2,1H3. The number of piperidine rings is 1. The van der Waals surface area contributed by atoms with Crippen molar-refractivity contribution in [3.05, 3.63) is 36.5 Å². The van der Waals surface area contributed by atoms with Gasteiger partial charge in [-0.1, -0.05) is 35.5 Å². The van der Waals surface area contributed by atoms with E-state index in [0.717, 1.165) is 37.1 Å². The molecule has 0 N–H and O–H groups in total. The second-order valence-electron chi connectivity index (χ2n) is 7.46. The first-order chi connectivity index (χ1) is 13.1. The number of nitrogens with zero attached hydrogens (tertiary/aromatic N) is 5. The summed E-state index contributed by atoms with van der Waals surface area (Å²) in [5.41, 5.74) is 1.91. The number of carbonyl (C=O) groups excluding carboxylic acids is 2. The van der Waals surface area contributed by atoms with Crippen molar-refractivity contribution in [1.82, 2.24) is 24.8 Å². The molecule has 2 aliphatic rings. The van der Waals surface area contributed by atoms with Crippen molar-refractivity contribution in [1.29, 1.82) is 0 Å². The summed E-state index contributed by atoms with van der Waals surface area (Å²) >= 11 is 0. The molecule has 0 aliphatic carbocycles. The highest BCUT2D eigenvalue weighted by Gasteiger charge is 2.34. The Morgan fingerprint density at radius 1 is 1.00 bits per heavy atom. The highest BCUT2D eigenvalue weighted by molar-refractivity contribution is 5.80. The maximum Gasteiger partial charge on any atom is 0.225 e. The molecule has 1 aromatic heterocycles. The fraction of sp³-hybridized carbons (Fsp3) is 0.500. The van der Waals surface area contributed by atoms with Gasteiger partial charge in [-0.3, -0.25) is 9.59 Å². The van der Waals surface area contributed by atoms with E-state index in [1.54, 1.807) is 6.92 Å². The van der Waals surface area contributed by atoms with Crippen LogP contribution in [0.4, 0.5) is 0 Å². The van der Waals surface area contributed by atoms with Gasteiger partial charge in [0.15, 0.2) is 0 Å². The van der Waals surface area contributed by atoms with Crippen LogP contribution in [0.15, 0.2) is 36.5 Å². The Bertz CT molecular complexity index is 811. The highest BCUT2D eigenvalue weighted by Crippen LogP contribution is 2.27. The molecule has 142 valence electrons. The summed E-state index contributed by atoms with van der Waals surface area (Å²) in [5, 5.41) is 8.58. The van der Waals surface area contributed by atoms with Crippen LogP contribution < -0.4 is 0 Å². The number of hydrogen-bond donors (Lipinski definition) is 0. The normalized spacial score (nSPS) is 20.9. The minimum Gasteiger partial charge on any atom is -0.343 e. The van der Waals surface area contributed by atoms with Gasteiger partial charge in [0.1, 0.15) is 5.69 Å². The Hall–Kier alpha value is -2.70. The molecule has 0 radical (unpaired) electrons. The van der Waals surface area contributed by atoms with Crippen molar-refractivity contribution >= 4 is 11.8 Å². The van der Waals surface area contributed by atoms with Crippen molar-refractivity contribution in [3.63, 3.8) is 0 Å². The van der Waals surface area contributed by atoms with Gasteiger partial charge in [-0.15, -0.1) is 5.10 Å². The Kier molecular flexibility index (Phi) is 4.92. The molecular formula is C20H25N5O2. The Morgan fingerprint density at radius 2 is 1.70 bits per heavy atom. The SMILES string of the molecule is CC(=O)N1CCC(C(=O)N2CCC(n3cc(-c4ccccc4)nn3)C2)CC1. The van der Waals surface area contributed by atoms with E-state index in [1.165, 1.54) is 0 Å². The molecule has 0 bridgehead atoms. The first-order valence-electron chi connectivity index (χ1n) is 9.63. The molecule has 3 heterocycles. The van der Waals surface area contributed by atoms with Crippen LogP contribution in [0.1, 0.15) is 32.2 Å². The van der Waals surface area contributed by atoms with Gasteiger partial charge >= 0.3 is 0 Å². The van der Waals surface area contributed by atoms with Gasteiger partial charge in [-0.05, 0) is 19.3 Å². The van der Waals surface area contributed by atoms with Crippen molar-refractivity contribution in [2.75, 3.05) is 26.2 Å². The van der Waals surface area contributed by atoms with Crippen molar-refractivity contribution < 1.29 is 9.59 Å². The summed E-state index contributed by atoms with van der Waals surface area (Å²) < 4.78 is 1.90. The zero-order chi connectivity index (χ0) is 18.8. The van der Waals surface area contributed by atoms with E-state index >= 15 is 0 Å². The third-order valence-electron chi connectivity index (χ3n) is 5.72. The predicted molar refractivity (Wildman–Crippen MR) is 101 cm³/mol. The topological polar surface area (TPSA) is 71.3 Å². The van der Waals surface area contributed by atoms with Crippen molar-refractivity contribution in [3.8, 4) is 11.3 Å². The predicted octanol–water partition coefficient (Wildman–Crippen LogP) is 1.98. The van der Waals surface area contributed by atoms with E-state index in [4.69, 9.17) is 0 Å². The average molecular weight is 367 g/mol. The molecule has 2 amide bonds. The Labute approximate surface area is 158 Å². The third kappa shape index (κ3) is 3.72. The molecule has 7 heteroatoms. The van der Waals surface area contributed by atoms with Crippen LogP contribution in [0.5, 0.6) is 0 Å². The second kappa shape index (κ2) is 7.50. The molecule has 0 saturated carbocycles. The molecule has 1 atom stereocenters. The van der Waals surface area contributed by atoms with E-state index in [1.807, 2.05) is 51.0 Å². The maximum absolute atomic E-state index is 12.9. The van der Waals surface area contributed by atoms with Crippen LogP contribution in [0.3, 0.4) is 0 Å².